The van der Waals surface area contributed by atoms with Gasteiger partial charge in [-0.05, 0) is 24.1 Å². The molecule has 0 atom stereocenters. The molecule has 0 spiro atoms. The second kappa shape index (κ2) is 7.24. The molecule has 1 amide bonds. The lowest BCUT2D eigenvalue weighted by molar-refractivity contribution is -0.116. The van der Waals surface area contributed by atoms with E-state index < -0.39 is 11.7 Å². The fourth-order valence-corrected chi connectivity index (χ4v) is 1.91. The molecule has 4 nitrogen and oxygen atoms in total. The molecule has 2 aromatic carbocycles. The van der Waals surface area contributed by atoms with E-state index in [-0.39, 0.29) is 0 Å². The molecule has 0 fully saturated rings. The minimum absolute atomic E-state index is 0.402. The normalized spacial score (nSPS) is 9.95. The van der Waals surface area contributed by atoms with E-state index in [0.717, 1.165) is 11.3 Å². The van der Waals surface area contributed by atoms with Gasteiger partial charge in [-0.2, -0.15) is 0 Å². The van der Waals surface area contributed by atoms with Crippen molar-refractivity contribution in [2.45, 2.75) is 6.42 Å². The van der Waals surface area contributed by atoms with Crippen LogP contribution in [0.25, 0.3) is 0 Å². The molecule has 1 N–H and O–H groups in total. The number of ether oxygens (including phenoxy) is 1. The largest absolute Gasteiger partial charge is 0.497 e. The van der Waals surface area contributed by atoms with Gasteiger partial charge < -0.3 is 10.1 Å². The molecule has 0 aliphatic heterocycles. The average Bonchev–Trinajstić information content (AvgIpc) is 2.55. The zero-order valence-electron chi connectivity index (χ0n) is 11.8. The molecule has 0 unspecified atom stereocenters. The van der Waals surface area contributed by atoms with Crippen LogP contribution >= 0.6 is 0 Å². The maximum absolute atomic E-state index is 11.8. The minimum Gasteiger partial charge on any atom is -0.497 e. The van der Waals surface area contributed by atoms with Crippen LogP contribution in [0, 0.1) is 0 Å². The predicted molar refractivity (Wildman–Crippen MR) is 80.5 cm³/mol. The van der Waals surface area contributed by atoms with Crippen LogP contribution in [0.2, 0.25) is 0 Å². The Kier molecular flexibility index (Phi) is 5.10. The maximum atomic E-state index is 11.8. The number of carbonyl (C=O) groups is 2. The van der Waals surface area contributed by atoms with Crippen molar-refractivity contribution >= 4 is 11.7 Å². The molecule has 0 aromatic heterocycles. The first-order chi connectivity index (χ1) is 10.2. The van der Waals surface area contributed by atoms with Gasteiger partial charge in [-0.15, -0.1) is 0 Å². The fraction of sp³-hybridized carbons (Fsp3) is 0.176. The first-order valence-electron chi connectivity index (χ1n) is 6.71. The smallest absolute Gasteiger partial charge is 0.292 e. The zero-order chi connectivity index (χ0) is 15.1. The lowest BCUT2D eigenvalue weighted by Gasteiger charge is -2.05. The van der Waals surface area contributed by atoms with E-state index in [9.17, 15) is 9.59 Å². The summed E-state index contributed by atoms with van der Waals surface area (Å²) in [6.45, 7) is 0.420. The summed E-state index contributed by atoms with van der Waals surface area (Å²) in [6, 6.07) is 16.1. The number of ketones is 1. The van der Waals surface area contributed by atoms with E-state index in [2.05, 4.69) is 5.32 Å². The number of rotatable bonds is 6. The Labute approximate surface area is 123 Å². The molecule has 108 valence electrons. The molecular formula is C17H17NO3. The number of amides is 1. The van der Waals surface area contributed by atoms with Gasteiger partial charge in [-0.1, -0.05) is 42.5 Å². The van der Waals surface area contributed by atoms with Gasteiger partial charge >= 0.3 is 0 Å². The first-order valence-corrected chi connectivity index (χ1v) is 6.71. The molecule has 0 radical (unpaired) electrons. The van der Waals surface area contributed by atoms with Crippen LogP contribution in [0.1, 0.15) is 15.9 Å². The molecule has 2 rings (SSSR count). The Balaban J connectivity index is 1.82. The third kappa shape index (κ3) is 4.18. The van der Waals surface area contributed by atoms with Crippen molar-refractivity contribution in [3.05, 3.63) is 65.7 Å². The highest BCUT2D eigenvalue weighted by Crippen LogP contribution is 2.11. The molecule has 0 bridgehead atoms. The topological polar surface area (TPSA) is 55.4 Å². The Bertz CT molecular complexity index is 606. The van der Waals surface area contributed by atoms with Crippen LogP contribution in [0.3, 0.4) is 0 Å². The van der Waals surface area contributed by atoms with E-state index in [1.165, 1.54) is 0 Å². The summed E-state index contributed by atoms with van der Waals surface area (Å²) in [5.74, 6) is -0.290. The predicted octanol–water partition coefficient (Wildman–Crippen LogP) is 2.24. The SMILES string of the molecule is COc1ccc(CCNC(=O)C(=O)c2ccccc2)cc1. The summed E-state index contributed by atoms with van der Waals surface area (Å²) >= 11 is 0. The van der Waals surface area contributed by atoms with E-state index in [4.69, 9.17) is 4.74 Å². The van der Waals surface area contributed by atoms with Crippen molar-refractivity contribution in [1.29, 1.82) is 0 Å². The van der Waals surface area contributed by atoms with E-state index in [1.807, 2.05) is 24.3 Å². The third-order valence-electron chi connectivity index (χ3n) is 3.10. The Morgan fingerprint density at radius 2 is 1.67 bits per heavy atom. The third-order valence-corrected chi connectivity index (χ3v) is 3.10. The van der Waals surface area contributed by atoms with Crippen molar-refractivity contribution in [3.63, 3.8) is 0 Å². The van der Waals surface area contributed by atoms with Gasteiger partial charge in [0.1, 0.15) is 5.75 Å². The van der Waals surface area contributed by atoms with Crippen LogP contribution in [0.5, 0.6) is 5.75 Å². The molecule has 21 heavy (non-hydrogen) atoms. The Hall–Kier alpha value is -2.62. The summed E-state index contributed by atoms with van der Waals surface area (Å²) in [5, 5.41) is 2.64. The molecule has 0 heterocycles. The average molecular weight is 283 g/mol. The van der Waals surface area contributed by atoms with E-state index in [0.29, 0.717) is 18.5 Å². The number of nitrogens with one attached hydrogen (secondary N) is 1. The molecule has 4 heteroatoms. The second-order valence-corrected chi connectivity index (χ2v) is 4.55. The second-order valence-electron chi connectivity index (χ2n) is 4.55. The minimum atomic E-state index is -0.574. The number of benzene rings is 2. The molecule has 0 aliphatic carbocycles. The molecule has 0 saturated heterocycles. The van der Waals surface area contributed by atoms with Gasteiger partial charge in [-0.3, -0.25) is 9.59 Å². The van der Waals surface area contributed by atoms with Crippen LogP contribution in [-0.4, -0.2) is 25.3 Å². The quantitative estimate of drug-likeness (QED) is 0.653. The highest BCUT2D eigenvalue weighted by molar-refractivity contribution is 6.42. The van der Waals surface area contributed by atoms with Crippen molar-refractivity contribution in [2.75, 3.05) is 13.7 Å². The number of carbonyl (C=O) groups excluding carboxylic acids is 2. The number of hydrogen-bond acceptors (Lipinski definition) is 3. The summed E-state index contributed by atoms with van der Waals surface area (Å²) in [6.07, 6.45) is 0.664. The number of Topliss-reactive ketones (excluding diaryl/α,β-unsaturated/α-hetero) is 1. The van der Waals surface area contributed by atoms with Crippen LogP contribution in [0.15, 0.2) is 54.6 Å². The van der Waals surface area contributed by atoms with E-state index in [1.54, 1.807) is 37.4 Å². The summed E-state index contributed by atoms with van der Waals surface area (Å²) in [4.78, 5) is 23.6. The van der Waals surface area contributed by atoms with Gasteiger partial charge in [0, 0.05) is 12.1 Å². The number of hydrogen-bond donors (Lipinski definition) is 1. The van der Waals surface area contributed by atoms with Crippen LogP contribution in [-0.2, 0) is 11.2 Å². The summed E-state index contributed by atoms with van der Waals surface area (Å²) < 4.78 is 5.08. The molecule has 2 aromatic rings. The summed E-state index contributed by atoms with van der Waals surface area (Å²) in [7, 11) is 1.62. The van der Waals surface area contributed by atoms with Crippen molar-refractivity contribution < 1.29 is 14.3 Å². The lowest BCUT2D eigenvalue weighted by Crippen LogP contribution is -2.32. The number of methoxy groups -OCH3 is 1. The van der Waals surface area contributed by atoms with Gasteiger partial charge in [0.25, 0.3) is 5.91 Å². The molecular weight excluding hydrogens is 266 g/mol. The molecule has 0 aliphatic rings. The fourth-order valence-electron chi connectivity index (χ4n) is 1.91. The van der Waals surface area contributed by atoms with Crippen molar-refractivity contribution in [2.24, 2.45) is 0 Å². The van der Waals surface area contributed by atoms with Crippen LogP contribution < -0.4 is 10.1 Å². The van der Waals surface area contributed by atoms with Crippen LogP contribution in [0.4, 0.5) is 0 Å². The highest BCUT2D eigenvalue weighted by atomic mass is 16.5. The van der Waals surface area contributed by atoms with Gasteiger partial charge in [0.2, 0.25) is 5.78 Å². The maximum Gasteiger partial charge on any atom is 0.292 e. The Morgan fingerprint density at radius 3 is 2.29 bits per heavy atom. The van der Waals surface area contributed by atoms with Crippen molar-refractivity contribution in [1.82, 2.24) is 5.32 Å². The lowest BCUT2D eigenvalue weighted by atomic mass is 10.1. The van der Waals surface area contributed by atoms with E-state index >= 15 is 0 Å². The summed E-state index contributed by atoms with van der Waals surface area (Å²) in [5.41, 5.74) is 1.47. The van der Waals surface area contributed by atoms with Gasteiger partial charge in [0.05, 0.1) is 7.11 Å². The Morgan fingerprint density at radius 1 is 1.00 bits per heavy atom. The monoisotopic (exact) mass is 283 g/mol. The zero-order valence-corrected chi connectivity index (χ0v) is 11.8. The first kappa shape index (κ1) is 14.8. The van der Waals surface area contributed by atoms with Gasteiger partial charge in [0.15, 0.2) is 0 Å². The molecule has 0 saturated carbocycles. The standard InChI is InChI=1S/C17H17NO3/c1-21-15-9-7-13(8-10-15)11-12-18-17(20)16(19)14-5-3-2-4-6-14/h2-10H,11-12H2,1H3,(H,18,20). The van der Waals surface area contributed by atoms with Crippen molar-refractivity contribution in [3.8, 4) is 5.75 Å². The highest BCUT2D eigenvalue weighted by Gasteiger charge is 2.14. The van der Waals surface area contributed by atoms with Gasteiger partial charge in [-0.25, -0.2) is 0 Å².